The topological polar surface area (TPSA) is 93.7 Å². The van der Waals surface area contributed by atoms with Gasteiger partial charge in [-0.2, -0.15) is 0 Å². The van der Waals surface area contributed by atoms with Crippen molar-refractivity contribution in [3.63, 3.8) is 0 Å². The maximum absolute atomic E-state index is 12.1. The molecule has 0 aliphatic rings. The summed E-state index contributed by atoms with van der Waals surface area (Å²) >= 11 is 0. The van der Waals surface area contributed by atoms with Crippen LogP contribution in [0.1, 0.15) is 15.9 Å². The van der Waals surface area contributed by atoms with Crippen molar-refractivity contribution >= 4 is 17.8 Å². The number of hydrogen-bond acceptors (Lipinski definition) is 6. The number of ether oxygens (including phenoxy) is 2. The highest BCUT2D eigenvalue weighted by atomic mass is 16.6. The lowest BCUT2D eigenvalue weighted by molar-refractivity contribution is -0.142. The summed E-state index contributed by atoms with van der Waals surface area (Å²) in [6, 6.07) is 17.0. The Labute approximate surface area is 157 Å². The summed E-state index contributed by atoms with van der Waals surface area (Å²) in [7, 11) is 1.22. The Balaban J connectivity index is 1.81. The molecule has 0 spiro atoms. The van der Waals surface area contributed by atoms with Gasteiger partial charge in [-0.1, -0.05) is 60.7 Å². The molecule has 0 heterocycles. The fourth-order valence-electron chi connectivity index (χ4n) is 2.30. The minimum absolute atomic E-state index is 0.0260. The fraction of sp³-hybridized carbons (Fsp3) is 0.250. The molecule has 1 unspecified atom stereocenters. The van der Waals surface area contributed by atoms with E-state index in [1.54, 1.807) is 24.3 Å². The highest BCUT2D eigenvalue weighted by molar-refractivity contribution is 5.97. The van der Waals surface area contributed by atoms with E-state index in [-0.39, 0.29) is 25.5 Å². The molecule has 0 saturated carbocycles. The molecule has 7 nitrogen and oxygen atoms in total. The van der Waals surface area contributed by atoms with Crippen LogP contribution in [0.4, 0.5) is 4.79 Å². The van der Waals surface area contributed by atoms with Gasteiger partial charge in [0.2, 0.25) is 0 Å². The predicted molar refractivity (Wildman–Crippen MR) is 99.2 cm³/mol. The first-order valence-corrected chi connectivity index (χ1v) is 8.44. The van der Waals surface area contributed by atoms with Crippen LogP contribution in [0.5, 0.6) is 0 Å². The largest absolute Gasteiger partial charge is 0.467 e. The quantitative estimate of drug-likeness (QED) is 0.517. The number of methoxy groups -OCH3 is 1. The summed E-state index contributed by atoms with van der Waals surface area (Å²) in [5.74, 6) is -0.753. The number of Topliss-reactive ketones (excluding diaryl/α,β-unsaturated/α-hetero) is 1. The van der Waals surface area contributed by atoms with Crippen molar-refractivity contribution in [2.45, 2.75) is 12.6 Å². The Morgan fingerprint density at radius 2 is 1.59 bits per heavy atom. The number of benzene rings is 2. The number of carbonyl (C=O) groups is 3. The van der Waals surface area contributed by atoms with Crippen LogP contribution in [0.2, 0.25) is 0 Å². The maximum atomic E-state index is 12.1. The van der Waals surface area contributed by atoms with E-state index < -0.39 is 18.1 Å². The molecule has 2 N–H and O–H groups in total. The zero-order valence-corrected chi connectivity index (χ0v) is 15.0. The van der Waals surface area contributed by atoms with E-state index in [4.69, 9.17) is 4.74 Å². The van der Waals surface area contributed by atoms with Crippen LogP contribution in [0.15, 0.2) is 60.7 Å². The van der Waals surface area contributed by atoms with Gasteiger partial charge in [-0.15, -0.1) is 0 Å². The van der Waals surface area contributed by atoms with Crippen molar-refractivity contribution in [2.24, 2.45) is 0 Å². The Bertz CT molecular complexity index is 749. The third-order valence-electron chi connectivity index (χ3n) is 3.72. The second-order valence-corrected chi connectivity index (χ2v) is 5.70. The normalized spacial score (nSPS) is 11.3. The smallest absolute Gasteiger partial charge is 0.408 e. The van der Waals surface area contributed by atoms with Crippen molar-refractivity contribution in [3.05, 3.63) is 71.8 Å². The van der Waals surface area contributed by atoms with Gasteiger partial charge >= 0.3 is 12.1 Å². The molecule has 142 valence electrons. The van der Waals surface area contributed by atoms with Crippen molar-refractivity contribution in [2.75, 3.05) is 20.2 Å². The number of carbonyl (C=O) groups excluding carboxylic acids is 3. The number of amides is 1. The molecule has 0 fully saturated rings. The Hall–Kier alpha value is -3.19. The molecule has 1 amide bonds. The molecule has 27 heavy (non-hydrogen) atoms. The van der Waals surface area contributed by atoms with E-state index in [0.29, 0.717) is 5.56 Å². The van der Waals surface area contributed by atoms with E-state index in [1.165, 1.54) is 7.11 Å². The highest BCUT2D eigenvalue weighted by Crippen LogP contribution is 2.01. The molecule has 0 bridgehead atoms. The lowest BCUT2D eigenvalue weighted by Crippen LogP contribution is -2.48. The molecule has 0 radical (unpaired) electrons. The van der Waals surface area contributed by atoms with Crippen LogP contribution in [0, 0.1) is 0 Å². The lowest BCUT2D eigenvalue weighted by Gasteiger charge is -2.17. The van der Waals surface area contributed by atoms with Crippen molar-refractivity contribution in [1.29, 1.82) is 0 Å². The molecule has 0 aliphatic heterocycles. The van der Waals surface area contributed by atoms with Crippen LogP contribution >= 0.6 is 0 Å². The second kappa shape index (κ2) is 10.7. The molecule has 2 rings (SSSR count). The number of ketones is 1. The van der Waals surface area contributed by atoms with Crippen LogP contribution < -0.4 is 10.6 Å². The van der Waals surface area contributed by atoms with E-state index in [9.17, 15) is 14.4 Å². The van der Waals surface area contributed by atoms with Gasteiger partial charge in [0.25, 0.3) is 0 Å². The van der Waals surface area contributed by atoms with Gasteiger partial charge < -0.3 is 20.1 Å². The average molecular weight is 370 g/mol. The van der Waals surface area contributed by atoms with Gasteiger partial charge in [0.05, 0.1) is 13.7 Å². The molecular formula is C20H22N2O5. The van der Waals surface area contributed by atoms with E-state index in [1.807, 2.05) is 36.4 Å². The summed E-state index contributed by atoms with van der Waals surface area (Å²) in [5.41, 5.74) is 1.39. The maximum Gasteiger partial charge on any atom is 0.408 e. The lowest BCUT2D eigenvalue weighted by atomic mass is 10.1. The summed E-state index contributed by atoms with van der Waals surface area (Å²) in [6.45, 7) is 0.143. The van der Waals surface area contributed by atoms with Crippen LogP contribution in [-0.4, -0.2) is 44.1 Å². The molecule has 0 aliphatic carbocycles. The Morgan fingerprint density at radius 3 is 2.22 bits per heavy atom. The van der Waals surface area contributed by atoms with Crippen molar-refractivity contribution < 1.29 is 23.9 Å². The highest BCUT2D eigenvalue weighted by Gasteiger charge is 2.22. The Kier molecular flexibility index (Phi) is 7.99. The number of nitrogens with one attached hydrogen (secondary N) is 2. The summed E-state index contributed by atoms with van der Waals surface area (Å²) in [6.07, 6.45) is -0.745. The molecule has 7 heteroatoms. The number of alkyl carbamates (subject to hydrolysis) is 1. The van der Waals surface area contributed by atoms with Gasteiger partial charge in [-0.25, -0.2) is 9.59 Å². The first-order valence-electron chi connectivity index (χ1n) is 8.44. The van der Waals surface area contributed by atoms with Crippen LogP contribution in [0.3, 0.4) is 0 Å². The number of rotatable bonds is 9. The first kappa shape index (κ1) is 20.1. The van der Waals surface area contributed by atoms with Crippen LogP contribution in [-0.2, 0) is 20.9 Å². The number of esters is 1. The van der Waals surface area contributed by atoms with Crippen molar-refractivity contribution in [1.82, 2.24) is 10.6 Å². The van der Waals surface area contributed by atoms with Crippen LogP contribution in [0.25, 0.3) is 0 Å². The minimum Gasteiger partial charge on any atom is -0.467 e. The Morgan fingerprint density at radius 1 is 0.963 bits per heavy atom. The number of hydrogen-bond donors (Lipinski definition) is 2. The molecule has 2 aromatic carbocycles. The average Bonchev–Trinajstić information content (AvgIpc) is 2.72. The minimum atomic E-state index is -0.971. The standard InChI is InChI=1S/C20H22N2O5/c1-26-19(24)17(12-21-13-18(23)16-10-6-3-7-11-16)22-20(25)27-14-15-8-4-2-5-9-15/h2-11,17,21H,12-14H2,1H3,(H,22,25). The summed E-state index contributed by atoms with van der Waals surface area (Å²) in [4.78, 5) is 35.8. The second-order valence-electron chi connectivity index (χ2n) is 5.70. The monoisotopic (exact) mass is 370 g/mol. The van der Waals surface area contributed by atoms with E-state index >= 15 is 0 Å². The summed E-state index contributed by atoms with van der Waals surface area (Å²) < 4.78 is 9.78. The predicted octanol–water partition coefficient (Wildman–Crippen LogP) is 1.93. The third kappa shape index (κ3) is 6.91. The molecule has 1 atom stereocenters. The van der Waals surface area contributed by atoms with Gasteiger partial charge in [-0.05, 0) is 5.56 Å². The molecule has 2 aromatic rings. The van der Waals surface area contributed by atoms with E-state index in [2.05, 4.69) is 15.4 Å². The first-order chi connectivity index (χ1) is 13.1. The van der Waals surface area contributed by atoms with Gasteiger partial charge in [0, 0.05) is 12.1 Å². The van der Waals surface area contributed by atoms with Crippen molar-refractivity contribution in [3.8, 4) is 0 Å². The van der Waals surface area contributed by atoms with E-state index in [0.717, 1.165) is 5.56 Å². The SMILES string of the molecule is COC(=O)C(CNCC(=O)c1ccccc1)NC(=O)OCc1ccccc1. The zero-order valence-electron chi connectivity index (χ0n) is 15.0. The van der Waals surface area contributed by atoms with Gasteiger partial charge in [0.1, 0.15) is 12.6 Å². The summed E-state index contributed by atoms with van der Waals surface area (Å²) in [5, 5.41) is 5.30. The third-order valence-corrected chi connectivity index (χ3v) is 3.72. The zero-order chi connectivity index (χ0) is 19.5. The molecular weight excluding hydrogens is 348 g/mol. The van der Waals surface area contributed by atoms with Gasteiger partial charge in [-0.3, -0.25) is 4.79 Å². The van der Waals surface area contributed by atoms with Gasteiger partial charge in [0.15, 0.2) is 5.78 Å². The fourth-order valence-corrected chi connectivity index (χ4v) is 2.30. The molecule has 0 aromatic heterocycles. The molecule has 0 saturated heterocycles.